The number of aldehydes is 1. The monoisotopic (exact) mass is 182 g/mol. The summed E-state index contributed by atoms with van der Waals surface area (Å²) < 4.78 is 13.2. The van der Waals surface area contributed by atoms with Crippen molar-refractivity contribution in [1.82, 2.24) is 0 Å². The third-order valence-electron chi connectivity index (χ3n) is 1.86. The van der Waals surface area contributed by atoms with E-state index in [-0.39, 0.29) is 16.6 Å². The normalized spacial score (nSPS) is 9.85. The molecule has 0 unspecified atom stereocenters. The van der Waals surface area contributed by atoms with Crippen LogP contribution in [0.2, 0.25) is 0 Å². The Morgan fingerprint density at radius 1 is 1.46 bits per heavy atom. The van der Waals surface area contributed by atoms with Gasteiger partial charge in [0.2, 0.25) is 0 Å². The molecule has 0 aliphatic carbocycles. The minimum Gasteiger partial charge on any atom is -0.423 e. The number of benzene rings is 1. The van der Waals surface area contributed by atoms with Gasteiger partial charge in [0.25, 0.3) is 0 Å². The largest absolute Gasteiger partial charge is 0.488 e. The average molecular weight is 182 g/mol. The minimum atomic E-state index is -1.71. The van der Waals surface area contributed by atoms with E-state index in [0.717, 1.165) is 0 Å². The highest BCUT2D eigenvalue weighted by atomic mass is 19.1. The van der Waals surface area contributed by atoms with E-state index in [1.54, 1.807) is 0 Å². The summed E-state index contributed by atoms with van der Waals surface area (Å²) in [5.74, 6) is -0.708. The molecule has 0 saturated carbocycles. The third kappa shape index (κ3) is 1.76. The molecule has 0 aliphatic rings. The van der Waals surface area contributed by atoms with Crippen LogP contribution in [0, 0.1) is 12.7 Å². The van der Waals surface area contributed by atoms with E-state index < -0.39 is 12.9 Å². The van der Waals surface area contributed by atoms with E-state index in [1.807, 2.05) is 0 Å². The molecule has 1 aromatic rings. The van der Waals surface area contributed by atoms with Gasteiger partial charge in [-0.1, -0.05) is 6.07 Å². The Morgan fingerprint density at radius 3 is 2.54 bits per heavy atom. The Bertz CT molecular complexity index is 338. The van der Waals surface area contributed by atoms with E-state index in [4.69, 9.17) is 10.0 Å². The first-order valence-corrected chi connectivity index (χ1v) is 3.68. The minimum absolute atomic E-state index is 0.0723. The smallest absolute Gasteiger partial charge is 0.423 e. The van der Waals surface area contributed by atoms with Crippen molar-refractivity contribution in [3.63, 3.8) is 0 Å². The lowest BCUT2D eigenvalue weighted by atomic mass is 9.77. The van der Waals surface area contributed by atoms with E-state index in [9.17, 15) is 9.18 Å². The summed E-state index contributed by atoms with van der Waals surface area (Å²) in [4.78, 5) is 10.3. The average Bonchev–Trinajstić information content (AvgIpc) is 2.09. The topological polar surface area (TPSA) is 57.5 Å². The summed E-state index contributed by atoms with van der Waals surface area (Å²) in [7, 11) is -1.71. The van der Waals surface area contributed by atoms with Crippen LogP contribution in [0.5, 0.6) is 0 Å². The van der Waals surface area contributed by atoms with E-state index in [0.29, 0.717) is 6.29 Å². The van der Waals surface area contributed by atoms with Crippen molar-refractivity contribution in [2.24, 2.45) is 0 Å². The molecule has 0 bridgehead atoms. The first-order valence-electron chi connectivity index (χ1n) is 3.68. The second kappa shape index (κ2) is 3.68. The maximum Gasteiger partial charge on any atom is 0.488 e. The fourth-order valence-corrected chi connectivity index (χ4v) is 1.09. The molecule has 0 aromatic heterocycles. The molecular weight excluding hydrogens is 174 g/mol. The zero-order chi connectivity index (χ0) is 10.0. The molecule has 13 heavy (non-hydrogen) atoms. The predicted molar refractivity (Wildman–Crippen MR) is 46.4 cm³/mol. The number of rotatable bonds is 2. The van der Waals surface area contributed by atoms with Crippen LogP contribution >= 0.6 is 0 Å². The molecule has 0 radical (unpaired) electrons. The molecule has 0 spiro atoms. The molecule has 0 aliphatic heterocycles. The van der Waals surface area contributed by atoms with Crippen LogP contribution in [0.25, 0.3) is 0 Å². The van der Waals surface area contributed by atoms with Crippen LogP contribution < -0.4 is 5.46 Å². The van der Waals surface area contributed by atoms with Crippen molar-refractivity contribution >= 4 is 18.9 Å². The van der Waals surface area contributed by atoms with Crippen molar-refractivity contribution in [2.75, 3.05) is 0 Å². The first-order chi connectivity index (χ1) is 6.07. The molecule has 2 N–H and O–H groups in total. The van der Waals surface area contributed by atoms with E-state index in [2.05, 4.69) is 0 Å². The maximum absolute atomic E-state index is 13.2. The lowest BCUT2D eigenvalue weighted by molar-refractivity contribution is 0.111. The van der Waals surface area contributed by atoms with Crippen molar-refractivity contribution in [3.05, 3.63) is 29.1 Å². The molecule has 0 fully saturated rings. The molecule has 0 amide bonds. The quantitative estimate of drug-likeness (QED) is 0.484. The number of hydrogen-bond donors (Lipinski definition) is 2. The molecule has 1 aromatic carbocycles. The third-order valence-corrected chi connectivity index (χ3v) is 1.86. The SMILES string of the molecule is Cc1c(B(O)O)ccc(C=O)c1F. The number of hydrogen-bond acceptors (Lipinski definition) is 3. The predicted octanol–water partition coefficient (Wildman–Crippen LogP) is -0.374. The fraction of sp³-hybridized carbons (Fsp3) is 0.125. The number of halogens is 1. The lowest BCUT2D eigenvalue weighted by Gasteiger charge is -2.06. The molecule has 0 heterocycles. The van der Waals surface area contributed by atoms with Crippen molar-refractivity contribution < 1.29 is 19.2 Å². The highest BCUT2D eigenvalue weighted by molar-refractivity contribution is 6.59. The van der Waals surface area contributed by atoms with Gasteiger partial charge in [-0.25, -0.2) is 4.39 Å². The van der Waals surface area contributed by atoms with Gasteiger partial charge >= 0.3 is 7.12 Å². The summed E-state index contributed by atoms with van der Waals surface area (Å²) >= 11 is 0. The van der Waals surface area contributed by atoms with Gasteiger partial charge in [-0.2, -0.15) is 0 Å². The van der Waals surface area contributed by atoms with E-state index >= 15 is 0 Å². The van der Waals surface area contributed by atoms with Crippen LogP contribution in [0.1, 0.15) is 15.9 Å². The number of carbonyl (C=O) groups excluding carboxylic acids is 1. The second-order valence-corrected chi connectivity index (χ2v) is 2.67. The summed E-state index contributed by atoms with van der Waals surface area (Å²) in [6.45, 7) is 1.39. The maximum atomic E-state index is 13.2. The van der Waals surface area contributed by atoms with Gasteiger partial charge in [0.05, 0.1) is 5.56 Å². The van der Waals surface area contributed by atoms with Crippen LogP contribution in [0.15, 0.2) is 12.1 Å². The van der Waals surface area contributed by atoms with Crippen LogP contribution in [0.4, 0.5) is 4.39 Å². The summed E-state index contributed by atoms with van der Waals surface area (Å²) in [5.41, 5.74) is 0.0737. The molecular formula is C8H8BFO3. The standard InChI is InChI=1S/C8H8BFO3/c1-5-7(9(12)13)3-2-6(4-11)8(5)10/h2-4,12-13H,1H3. The Hall–Kier alpha value is -1.20. The van der Waals surface area contributed by atoms with Gasteiger partial charge in [0, 0.05) is 0 Å². The first kappa shape index (κ1) is 9.89. The molecule has 0 atom stereocenters. The Labute approximate surface area is 75.0 Å². The van der Waals surface area contributed by atoms with Gasteiger partial charge in [0.1, 0.15) is 5.82 Å². The Balaban J connectivity index is 3.31. The van der Waals surface area contributed by atoms with Crippen LogP contribution in [0.3, 0.4) is 0 Å². The summed E-state index contributed by atoms with van der Waals surface area (Å²) in [5, 5.41) is 17.6. The molecule has 3 nitrogen and oxygen atoms in total. The van der Waals surface area contributed by atoms with Crippen molar-refractivity contribution in [2.45, 2.75) is 6.92 Å². The lowest BCUT2D eigenvalue weighted by Crippen LogP contribution is -2.33. The Morgan fingerprint density at radius 2 is 2.08 bits per heavy atom. The van der Waals surface area contributed by atoms with Crippen LogP contribution in [-0.2, 0) is 0 Å². The van der Waals surface area contributed by atoms with Gasteiger partial charge < -0.3 is 10.0 Å². The van der Waals surface area contributed by atoms with Gasteiger partial charge in [-0.15, -0.1) is 0 Å². The van der Waals surface area contributed by atoms with Gasteiger partial charge in [-0.3, -0.25) is 4.79 Å². The summed E-state index contributed by atoms with van der Waals surface area (Å²) in [6, 6.07) is 2.52. The molecule has 68 valence electrons. The highest BCUT2D eigenvalue weighted by Gasteiger charge is 2.17. The number of carbonyl (C=O) groups is 1. The van der Waals surface area contributed by atoms with Crippen molar-refractivity contribution in [1.29, 1.82) is 0 Å². The van der Waals surface area contributed by atoms with Crippen molar-refractivity contribution in [3.8, 4) is 0 Å². The zero-order valence-corrected chi connectivity index (χ0v) is 6.99. The highest BCUT2D eigenvalue weighted by Crippen LogP contribution is 2.08. The van der Waals surface area contributed by atoms with Crippen LogP contribution in [-0.4, -0.2) is 23.5 Å². The molecule has 0 saturated heterocycles. The van der Waals surface area contributed by atoms with Gasteiger partial charge in [0.15, 0.2) is 6.29 Å². The van der Waals surface area contributed by atoms with E-state index in [1.165, 1.54) is 19.1 Å². The van der Waals surface area contributed by atoms with Gasteiger partial charge in [-0.05, 0) is 24.0 Å². The molecule has 1 rings (SSSR count). The zero-order valence-electron chi connectivity index (χ0n) is 6.99. The fourth-order valence-electron chi connectivity index (χ4n) is 1.09. The second-order valence-electron chi connectivity index (χ2n) is 2.67. The molecule has 5 heteroatoms. The Kier molecular flexibility index (Phi) is 2.80. The summed E-state index contributed by atoms with van der Waals surface area (Å²) in [6.07, 6.45) is 0.385.